The second-order valence-electron chi connectivity index (χ2n) is 4.94. The highest BCUT2D eigenvalue weighted by Crippen LogP contribution is 2.22. The minimum atomic E-state index is -0.477. The lowest BCUT2D eigenvalue weighted by atomic mass is 10.0. The molecule has 0 radical (unpaired) electrons. The number of halogens is 2. The first-order valence-electron chi connectivity index (χ1n) is 6.77. The smallest absolute Gasteiger partial charge is 0.205 e. The van der Waals surface area contributed by atoms with Crippen LogP contribution < -0.4 is 0 Å². The van der Waals surface area contributed by atoms with E-state index in [0.717, 1.165) is 0 Å². The number of nitriles is 1. The topological polar surface area (TPSA) is 56.6 Å². The van der Waals surface area contributed by atoms with Crippen LogP contribution in [0.2, 0.25) is 0 Å². The Labute approximate surface area is 130 Å². The zero-order valence-corrected chi connectivity index (χ0v) is 11.8. The highest BCUT2D eigenvalue weighted by Gasteiger charge is 2.17. The molecule has 3 aromatic rings. The predicted molar refractivity (Wildman–Crippen MR) is 82.6 cm³/mol. The first-order valence-corrected chi connectivity index (χ1v) is 6.77. The highest BCUT2D eigenvalue weighted by molar-refractivity contribution is 6.19. The molecule has 112 valence electrons. The Hall–Kier alpha value is -3.26. The molecule has 5 heteroatoms. The quantitative estimate of drug-likeness (QED) is 0.447. The number of hydrogen-bond donors (Lipinski definition) is 1. The van der Waals surface area contributed by atoms with Gasteiger partial charge in [-0.15, -0.1) is 0 Å². The summed E-state index contributed by atoms with van der Waals surface area (Å²) in [7, 11) is 0. The van der Waals surface area contributed by atoms with Gasteiger partial charge in [0, 0.05) is 22.7 Å². The summed E-state index contributed by atoms with van der Waals surface area (Å²) in [6.07, 6.45) is 2.84. The second kappa shape index (κ2) is 5.85. The zero-order valence-electron chi connectivity index (χ0n) is 11.8. The minimum Gasteiger partial charge on any atom is -0.360 e. The molecule has 0 amide bonds. The van der Waals surface area contributed by atoms with Crippen LogP contribution in [0.25, 0.3) is 17.0 Å². The molecule has 0 fully saturated rings. The summed E-state index contributed by atoms with van der Waals surface area (Å²) >= 11 is 0. The number of aromatic amines is 1. The molecule has 0 aliphatic rings. The Kier molecular flexibility index (Phi) is 3.73. The van der Waals surface area contributed by atoms with Crippen LogP contribution in [0.15, 0.2) is 54.2 Å². The molecule has 1 heterocycles. The maximum atomic E-state index is 13.2. The molecule has 1 aromatic heterocycles. The minimum absolute atomic E-state index is 0.0816. The maximum Gasteiger partial charge on any atom is 0.205 e. The molecule has 0 spiro atoms. The van der Waals surface area contributed by atoms with Crippen LogP contribution >= 0.6 is 0 Å². The Morgan fingerprint density at radius 1 is 1.09 bits per heavy atom. The van der Waals surface area contributed by atoms with Crippen LogP contribution in [0.5, 0.6) is 0 Å². The molecule has 0 bridgehead atoms. The number of allylic oxidation sites excluding steroid dienone is 1. The molecule has 3 nitrogen and oxygen atoms in total. The van der Waals surface area contributed by atoms with Gasteiger partial charge in [0.15, 0.2) is 0 Å². The van der Waals surface area contributed by atoms with Crippen molar-refractivity contribution in [2.75, 3.05) is 0 Å². The van der Waals surface area contributed by atoms with Crippen LogP contribution in [0.1, 0.15) is 15.9 Å². The zero-order chi connectivity index (χ0) is 16.4. The number of rotatable bonds is 3. The molecule has 1 N–H and O–H groups in total. The Bertz CT molecular complexity index is 963. The number of nitrogens with one attached hydrogen (secondary N) is 1. The molecule has 2 aromatic carbocycles. The van der Waals surface area contributed by atoms with E-state index in [-0.39, 0.29) is 11.1 Å². The first-order chi connectivity index (χ1) is 11.1. The maximum absolute atomic E-state index is 13.2. The van der Waals surface area contributed by atoms with E-state index in [0.29, 0.717) is 16.5 Å². The van der Waals surface area contributed by atoms with Crippen LogP contribution in [-0.2, 0) is 0 Å². The number of H-pyrrole nitrogens is 1. The van der Waals surface area contributed by atoms with Crippen molar-refractivity contribution in [2.24, 2.45) is 0 Å². The van der Waals surface area contributed by atoms with Gasteiger partial charge in [-0.1, -0.05) is 12.1 Å². The van der Waals surface area contributed by atoms with Gasteiger partial charge in [0.2, 0.25) is 5.78 Å². The van der Waals surface area contributed by atoms with Crippen molar-refractivity contribution in [3.63, 3.8) is 0 Å². The van der Waals surface area contributed by atoms with Gasteiger partial charge in [-0.2, -0.15) is 5.26 Å². The number of carbonyl (C=O) groups excluding carboxylic acids is 1. The third kappa shape index (κ3) is 2.87. The number of aromatic nitrogens is 1. The summed E-state index contributed by atoms with van der Waals surface area (Å²) in [5.74, 6) is -1.29. The average molecular weight is 308 g/mol. The van der Waals surface area contributed by atoms with E-state index in [1.807, 2.05) is 6.07 Å². The summed E-state index contributed by atoms with van der Waals surface area (Å²) in [5, 5.41) is 9.78. The van der Waals surface area contributed by atoms with Gasteiger partial charge in [0.1, 0.15) is 23.3 Å². The normalized spacial score (nSPS) is 11.4. The fraction of sp³-hybridized carbons (Fsp3) is 0. The first kappa shape index (κ1) is 14.7. The van der Waals surface area contributed by atoms with E-state index in [2.05, 4.69) is 4.98 Å². The van der Waals surface area contributed by atoms with E-state index in [9.17, 15) is 18.8 Å². The number of ketones is 1. The number of Topliss-reactive ketones (excluding diaryl/α,β-unsaturated/α-hetero) is 1. The fourth-order valence-electron chi connectivity index (χ4n) is 2.31. The van der Waals surface area contributed by atoms with Crippen molar-refractivity contribution >= 4 is 22.8 Å². The van der Waals surface area contributed by atoms with Gasteiger partial charge >= 0.3 is 0 Å². The van der Waals surface area contributed by atoms with E-state index in [1.54, 1.807) is 0 Å². The fourth-order valence-corrected chi connectivity index (χ4v) is 2.31. The second-order valence-corrected chi connectivity index (χ2v) is 4.94. The molecule has 0 aliphatic carbocycles. The summed E-state index contributed by atoms with van der Waals surface area (Å²) < 4.78 is 26.1. The Morgan fingerprint density at radius 3 is 2.48 bits per heavy atom. The largest absolute Gasteiger partial charge is 0.360 e. The number of hydrogen-bond acceptors (Lipinski definition) is 2. The third-order valence-corrected chi connectivity index (χ3v) is 3.43. The van der Waals surface area contributed by atoms with E-state index < -0.39 is 17.4 Å². The number of carbonyl (C=O) groups is 1. The van der Waals surface area contributed by atoms with Crippen LogP contribution in [-0.4, -0.2) is 10.8 Å². The van der Waals surface area contributed by atoms with E-state index in [1.165, 1.54) is 54.7 Å². The van der Waals surface area contributed by atoms with Crippen molar-refractivity contribution in [1.29, 1.82) is 5.26 Å². The molecular weight excluding hydrogens is 298 g/mol. The summed E-state index contributed by atoms with van der Waals surface area (Å²) in [5.41, 5.74) is 1.23. The van der Waals surface area contributed by atoms with Crippen LogP contribution in [0.3, 0.4) is 0 Å². The molecule has 0 unspecified atom stereocenters. The molecule has 0 aliphatic heterocycles. The molecule has 0 atom stereocenters. The third-order valence-electron chi connectivity index (χ3n) is 3.43. The average Bonchev–Trinajstić information content (AvgIpc) is 2.96. The lowest BCUT2D eigenvalue weighted by molar-refractivity contribution is 0.104. The monoisotopic (exact) mass is 308 g/mol. The molecule has 23 heavy (non-hydrogen) atoms. The lowest BCUT2D eigenvalue weighted by Gasteiger charge is -1.99. The lowest BCUT2D eigenvalue weighted by Crippen LogP contribution is -2.01. The van der Waals surface area contributed by atoms with Crippen molar-refractivity contribution in [3.8, 4) is 6.07 Å². The number of benzene rings is 2. The standard InChI is InChI=1S/C18H10F2N2O/c19-13-3-1-11(2-4-13)7-12(9-21)18(23)16-10-22-17-8-14(20)5-6-15(16)17/h1-8,10,22H/b12-7+. The van der Waals surface area contributed by atoms with Crippen LogP contribution in [0.4, 0.5) is 8.78 Å². The van der Waals surface area contributed by atoms with Crippen molar-refractivity contribution in [3.05, 3.63) is 77.0 Å². The summed E-state index contributed by atoms with van der Waals surface area (Å²) in [6, 6.07) is 11.3. The van der Waals surface area contributed by atoms with Gasteiger partial charge in [-0.05, 0) is 42.0 Å². The Balaban J connectivity index is 2.02. The molecular formula is C18H10F2N2O. The van der Waals surface area contributed by atoms with Gasteiger partial charge < -0.3 is 4.98 Å². The van der Waals surface area contributed by atoms with Crippen molar-refractivity contribution < 1.29 is 13.6 Å². The number of fused-ring (bicyclic) bond motifs is 1. The SMILES string of the molecule is N#C/C(=C\c1ccc(F)cc1)C(=O)c1c[nH]c2cc(F)ccc12. The van der Waals surface area contributed by atoms with E-state index in [4.69, 9.17) is 0 Å². The molecule has 0 saturated heterocycles. The van der Waals surface area contributed by atoms with Gasteiger partial charge in [0.05, 0.1) is 0 Å². The molecule has 3 rings (SSSR count). The van der Waals surface area contributed by atoms with Gasteiger partial charge in [-0.3, -0.25) is 4.79 Å². The van der Waals surface area contributed by atoms with Gasteiger partial charge in [-0.25, -0.2) is 8.78 Å². The van der Waals surface area contributed by atoms with E-state index >= 15 is 0 Å². The Morgan fingerprint density at radius 2 is 1.78 bits per heavy atom. The highest BCUT2D eigenvalue weighted by atomic mass is 19.1. The van der Waals surface area contributed by atoms with Crippen LogP contribution in [0, 0.1) is 23.0 Å². The summed E-state index contributed by atoms with van der Waals surface area (Å²) in [6.45, 7) is 0. The predicted octanol–water partition coefficient (Wildman–Crippen LogP) is 4.24. The van der Waals surface area contributed by atoms with Crippen molar-refractivity contribution in [2.45, 2.75) is 0 Å². The molecule has 0 saturated carbocycles. The van der Waals surface area contributed by atoms with Crippen molar-refractivity contribution in [1.82, 2.24) is 4.98 Å². The summed E-state index contributed by atoms with van der Waals surface area (Å²) in [4.78, 5) is 15.3. The van der Waals surface area contributed by atoms with Gasteiger partial charge in [0.25, 0.3) is 0 Å². The number of nitrogens with zero attached hydrogens (tertiary/aromatic N) is 1.